The molecule has 70 valence electrons. The van der Waals surface area contributed by atoms with Gasteiger partial charge in [0.25, 0.3) is 0 Å². The zero-order chi connectivity index (χ0) is 8.82. The lowest BCUT2D eigenvalue weighted by Crippen LogP contribution is -2.46. The molecule has 0 amide bonds. The molecule has 2 nitrogen and oxygen atoms in total. The first-order valence-electron chi connectivity index (χ1n) is 4.48. The second-order valence-electron chi connectivity index (χ2n) is 4.07. The molecule has 0 aromatic heterocycles. The monoisotopic (exact) mass is 208 g/mol. The van der Waals surface area contributed by atoms with E-state index in [4.69, 9.17) is 10.7 Å². The molecule has 4 heteroatoms. The van der Waals surface area contributed by atoms with Gasteiger partial charge < -0.3 is 0 Å². The summed E-state index contributed by atoms with van der Waals surface area (Å²) in [5.41, 5.74) is 0.0978. The second kappa shape index (κ2) is 2.61. The van der Waals surface area contributed by atoms with E-state index in [1.54, 1.807) is 0 Å². The third-order valence-electron chi connectivity index (χ3n) is 3.53. The van der Waals surface area contributed by atoms with E-state index in [0.717, 1.165) is 25.7 Å². The summed E-state index contributed by atoms with van der Waals surface area (Å²) < 4.78 is 22.3. The van der Waals surface area contributed by atoms with E-state index >= 15 is 0 Å². The van der Waals surface area contributed by atoms with Crippen molar-refractivity contribution in [1.29, 1.82) is 0 Å². The zero-order valence-electron chi connectivity index (χ0n) is 6.92. The van der Waals surface area contributed by atoms with Crippen LogP contribution in [0.1, 0.15) is 38.5 Å². The van der Waals surface area contributed by atoms with E-state index in [1.807, 2.05) is 0 Å². The molecule has 0 N–H and O–H groups in total. The van der Waals surface area contributed by atoms with Crippen LogP contribution >= 0.6 is 10.7 Å². The normalized spacial score (nSPS) is 33.6. The minimum atomic E-state index is -3.29. The van der Waals surface area contributed by atoms with Gasteiger partial charge >= 0.3 is 0 Å². The van der Waals surface area contributed by atoms with E-state index in [1.165, 1.54) is 12.8 Å². The summed E-state index contributed by atoms with van der Waals surface area (Å²) in [7, 11) is 2.09. The van der Waals surface area contributed by atoms with Crippen LogP contribution in [0.2, 0.25) is 0 Å². The highest BCUT2D eigenvalue weighted by molar-refractivity contribution is 8.14. The Balaban J connectivity index is 2.20. The average Bonchev–Trinajstić information content (AvgIpc) is 2.28. The van der Waals surface area contributed by atoms with Crippen LogP contribution in [0.15, 0.2) is 0 Å². The van der Waals surface area contributed by atoms with Crippen LogP contribution < -0.4 is 0 Å². The van der Waals surface area contributed by atoms with Crippen molar-refractivity contribution in [3.63, 3.8) is 0 Å². The second-order valence-corrected chi connectivity index (χ2v) is 6.88. The molecule has 1 atom stereocenters. The molecule has 0 radical (unpaired) electrons. The Bertz CT molecular complexity index is 277. The summed E-state index contributed by atoms with van der Waals surface area (Å²) in [6.07, 6.45) is 6.37. The summed E-state index contributed by atoms with van der Waals surface area (Å²) in [5.74, 6) is 0. The molecule has 0 aromatic rings. The van der Waals surface area contributed by atoms with E-state index in [0.29, 0.717) is 0 Å². The van der Waals surface area contributed by atoms with Crippen molar-refractivity contribution < 1.29 is 8.42 Å². The lowest BCUT2D eigenvalue weighted by atomic mass is 9.67. The van der Waals surface area contributed by atoms with Gasteiger partial charge in [-0.2, -0.15) is 0 Å². The van der Waals surface area contributed by atoms with Gasteiger partial charge in [0.1, 0.15) is 0 Å². The third-order valence-corrected chi connectivity index (χ3v) is 5.59. The molecule has 0 aliphatic heterocycles. The number of hydrogen-bond donors (Lipinski definition) is 0. The van der Waals surface area contributed by atoms with Crippen molar-refractivity contribution >= 4 is 19.7 Å². The Morgan fingerprint density at radius 3 is 2.08 bits per heavy atom. The van der Waals surface area contributed by atoms with Crippen molar-refractivity contribution in [3.8, 4) is 0 Å². The van der Waals surface area contributed by atoms with Crippen LogP contribution in [-0.2, 0) is 9.05 Å². The molecule has 1 unspecified atom stereocenters. The van der Waals surface area contributed by atoms with Crippen molar-refractivity contribution in [2.45, 2.75) is 43.8 Å². The summed E-state index contributed by atoms with van der Waals surface area (Å²) in [6, 6.07) is 0. The van der Waals surface area contributed by atoms with Gasteiger partial charge in [-0.15, -0.1) is 0 Å². The standard InChI is InChI=1S/C8H13ClO2S/c9-12(10,11)7-3-6-8(7)4-1-2-5-8/h7H,1-6H2. The lowest BCUT2D eigenvalue weighted by Gasteiger charge is -2.45. The van der Waals surface area contributed by atoms with Gasteiger partial charge in [-0.3, -0.25) is 0 Å². The quantitative estimate of drug-likeness (QED) is 0.620. The van der Waals surface area contributed by atoms with Crippen LogP contribution in [0.5, 0.6) is 0 Å². The van der Waals surface area contributed by atoms with Crippen LogP contribution in [0.3, 0.4) is 0 Å². The SMILES string of the molecule is O=S(=O)(Cl)C1CCC12CCCC2. The maximum Gasteiger partial charge on any atom is 0.236 e. The summed E-state index contributed by atoms with van der Waals surface area (Å²) in [6.45, 7) is 0. The number of rotatable bonds is 1. The van der Waals surface area contributed by atoms with Gasteiger partial charge in [0, 0.05) is 10.7 Å². The molecule has 0 saturated heterocycles. The minimum absolute atomic E-state index is 0.0978. The fraction of sp³-hybridized carbons (Fsp3) is 1.00. The maximum absolute atomic E-state index is 11.1. The topological polar surface area (TPSA) is 34.1 Å². The average molecular weight is 209 g/mol. The van der Waals surface area contributed by atoms with Crippen molar-refractivity contribution in [2.24, 2.45) is 5.41 Å². The maximum atomic E-state index is 11.1. The molecular weight excluding hydrogens is 196 g/mol. The summed E-state index contributed by atoms with van der Waals surface area (Å²) >= 11 is 0. The van der Waals surface area contributed by atoms with Gasteiger partial charge in [0.15, 0.2) is 0 Å². The Morgan fingerprint density at radius 2 is 1.75 bits per heavy atom. The summed E-state index contributed by atoms with van der Waals surface area (Å²) in [5, 5.41) is -0.228. The molecule has 2 saturated carbocycles. The van der Waals surface area contributed by atoms with E-state index in [9.17, 15) is 8.42 Å². The predicted molar refractivity (Wildman–Crippen MR) is 48.7 cm³/mol. The highest BCUT2D eigenvalue weighted by Crippen LogP contribution is 2.56. The first kappa shape index (κ1) is 8.82. The van der Waals surface area contributed by atoms with Gasteiger partial charge in [0.05, 0.1) is 5.25 Å². The molecular formula is C8H13ClO2S. The van der Waals surface area contributed by atoms with Crippen molar-refractivity contribution in [1.82, 2.24) is 0 Å². The number of hydrogen-bond acceptors (Lipinski definition) is 2. The largest absolute Gasteiger partial charge is 0.236 e. The molecule has 2 aliphatic carbocycles. The Morgan fingerprint density at radius 1 is 1.17 bits per heavy atom. The van der Waals surface area contributed by atoms with Crippen LogP contribution in [0, 0.1) is 5.41 Å². The summed E-state index contributed by atoms with van der Waals surface area (Å²) in [4.78, 5) is 0. The van der Waals surface area contributed by atoms with Crippen molar-refractivity contribution in [2.75, 3.05) is 0 Å². The van der Waals surface area contributed by atoms with Gasteiger partial charge in [-0.05, 0) is 31.1 Å². The minimum Gasteiger partial charge on any atom is -0.212 e. The predicted octanol–water partition coefficient (Wildman–Crippen LogP) is 2.28. The number of halogens is 1. The van der Waals surface area contributed by atoms with Crippen LogP contribution in [-0.4, -0.2) is 13.7 Å². The molecule has 2 fully saturated rings. The molecule has 0 bridgehead atoms. The highest BCUT2D eigenvalue weighted by atomic mass is 35.7. The van der Waals surface area contributed by atoms with E-state index in [2.05, 4.69) is 0 Å². The van der Waals surface area contributed by atoms with Gasteiger partial charge in [-0.1, -0.05) is 12.8 Å². The first-order valence-corrected chi connectivity index (χ1v) is 6.85. The van der Waals surface area contributed by atoms with E-state index in [-0.39, 0.29) is 10.7 Å². The highest BCUT2D eigenvalue weighted by Gasteiger charge is 2.53. The van der Waals surface area contributed by atoms with E-state index < -0.39 is 9.05 Å². The Hall–Kier alpha value is 0.240. The van der Waals surface area contributed by atoms with Crippen LogP contribution in [0.4, 0.5) is 0 Å². The first-order chi connectivity index (χ1) is 5.55. The van der Waals surface area contributed by atoms with Crippen molar-refractivity contribution in [3.05, 3.63) is 0 Å². The Labute approximate surface area is 77.7 Å². The molecule has 2 rings (SSSR count). The molecule has 2 aliphatic rings. The lowest BCUT2D eigenvalue weighted by molar-refractivity contribution is 0.151. The molecule has 12 heavy (non-hydrogen) atoms. The third kappa shape index (κ3) is 1.18. The van der Waals surface area contributed by atoms with Gasteiger partial charge in [0.2, 0.25) is 9.05 Å². The fourth-order valence-corrected chi connectivity index (χ4v) is 4.95. The molecule has 0 heterocycles. The smallest absolute Gasteiger partial charge is 0.212 e. The zero-order valence-corrected chi connectivity index (χ0v) is 8.50. The fourth-order valence-electron chi connectivity index (χ4n) is 2.76. The molecule has 1 spiro atoms. The van der Waals surface area contributed by atoms with Crippen LogP contribution in [0.25, 0.3) is 0 Å². The van der Waals surface area contributed by atoms with Gasteiger partial charge in [-0.25, -0.2) is 8.42 Å². The Kier molecular flexibility index (Phi) is 1.92. The molecule has 0 aromatic carbocycles.